The molecule has 3 nitrogen and oxygen atoms in total. The zero-order chi connectivity index (χ0) is 14.8. The molecule has 2 N–H and O–H groups in total. The highest BCUT2D eigenvalue weighted by Crippen LogP contribution is 2.32. The van der Waals surface area contributed by atoms with Crippen LogP contribution in [0, 0.1) is 12.7 Å². The molecule has 0 spiro atoms. The summed E-state index contributed by atoms with van der Waals surface area (Å²) in [5.41, 5.74) is 9.27. The summed E-state index contributed by atoms with van der Waals surface area (Å²) in [4.78, 5) is 9.81. The van der Waals surface area contributed by atoms with Crippen LogP contribution in [-0.2, 0) is 6.54 Å². The van der Waals surface area contributed by atoms with E-state index in [1.807, 2.05) is 31.2 Å². The molecule has 2 heterocycles. The quantitative estimate of drug-likeness (QED) is 0.800. The molecule has 0 fully saturated rings. The molecule has 0 bridgehead atoms. The summed E-state index contributed by atoms with van der Waals surface area (Å²) in [5.74, 6) is -0.345. The third-order valence-corrected chi connectivity index (χ3v) is 4.20. The smallest absolute Gasteiger partial charge is 0.141 e. The second-order valence-electron chi connectivity index (χ2n) is 4.69. The molecule has 3 rings (SSSR count). The number of aryl methyl sites for hydroxylation is 1. The number of hydrogen-bond acceptors (Lipinski definition) is 4. The van der Waals surface area contributed by atoms with Crippen molar-refractivity contribution in [3.63, 3.8) is 0 Å². The molecule has 0 amide bonds. The van der Waals surface area contributed by atoms with Gasteiger partial charge < -0.3 is 5.73 Å². The lowest BCUT2D eigenvalue weighted by Crippen LogP contribution is -1.95. The molecule has 5 heteroatoms. The maximum atomic E-state index is 13.0. The molecule has 21 heavy (non-hydrogen) atoms. The summed E-state index contributed by atoms with van der Waals surface area (Å²) >= 11 is 1.60. The van der Waals surface area contributed by atoms with E-state index in [0.717, 1.165) is 26.7 Å². The van der Waals surface area contributed by atoms with Gasteiger partial charge in [-0.05, 0) is 30.7 Å². The van der Waals surface area contributed by atoms with Crippen LogP contribution in [0.2, 0.25) is 0 Å². The molecule has 0 unspecified atom stereocenters. The Morgan fingerprint density at radius 3 is 2.81 bits per heavy atom. The number of hydrogen-bond donors (Lipinski definition) is 1. The van der Waals surface area contributed by atoms with Crippen molar-refractivity contribution in [3.8, 4) is 22.0 Å². The van der Waals surface area contributed by atoms with Gasteiger partial charge in [0.15, 0.2) is 0 Å². The van der Waals surface area contributed by atoms with Gasteiger partial charge in [-0.3, -0.25) is 4.98 Å². The summed E-state index contributed by atoms with van der Waals surface area (Å²) in [7, 11) is 0. The van der Waals surface area contributed by atoms with E-state index in [1.165, 1.54) is 12.3 Å². The average molecular weight is 299 g/mol. The Morgan fingerprint density at radius 1 is 1.24 bits per heavy atom. The standard InChI is InChI=1S/C16H14FN3S/c1-10-15(14-6-5-13(17)9-19-14)20-16(21-10)12-4-2-3-11(7-12)8-18/h2-7,9H,8,18H2,1H3. The van der Waals surface area contributed by atoms with E-state index in [-0.39, 0.29) is 5.82 Å². The van der Waals surface area contributed by atoms with Crippen molar-refractivity contribution in [1.29, 1.82) is 0 Å². The molecular weight excluding hydrogens is 285 g/mol. The molecule has 0 aliphatic rings. The molecule has 106 valence electrons. The number of thiazole rings is 1. The number of nitrogens with two attached hydrogens (primary N) is 1. The zero-order valence-corrected chi connectivity index (χ0v) is 12.3. The Bertz CT molecular complexity index is 765. The summed E-state index contributed by atoms with van der Waals surface area (Å²) in [6, 6.07) is 11.1. The van der Waals surface area contributed by atoms with E-state index in [1.54, 1.807) is 17.4 Å². The minimum Gasteiger partial charge on any atom is -0.326 e. The van der Waals surface area contributed by atoms with Crippen LogP contribution in [0.1, 0.15) is 10.4 Å². The van der Waals surface area contributed by atoms with Crippen LogP contribution < -0.4 is 5.73 Å². The van der Waals surface area contributed by atoms with Crippen molar-refractivity contribution in [2.75, 3.05) is 0 Å². The SMILES string of the molecule is Cc1sc(-c2cccc(CN)c2)nc1-c1ccc(F)cn1. The third kappa shape index (κ3) is 2.84. The molecule has 0 saturated heterocycles. The Hall–Kier alpha value is -2.11. The van der Waals surface area contributed by atoms with Crippen molar-refractivity contribution in [2.45, 2.75) is 13.5 Å². The average Bonchev–Trinajstić information content (AvgIpc) is 2.90. The molecule has 0 aliphatic carbocycles. The number of rotatable bonds is 3. The Labute approximate surface area is 126 Å². The van der Waals surface area contributed by atoms with E-state index >= 15 is 0 Å². The lowest BCUT2D eigenvalue weighted by Gasteiger charge is -2.00. The summed E-state index contributed by atoms with van der Waals surface area (Å²) < 4.78 is 13.0. The monoisotopic (exact) mass is 299 g/mol. The molecular formula is C16H14FN3S. The van der Waals surface area contributed by atoms with E-state index in [2.05, 4.69) is 9.97 Å². The minimum absolute atomic E-state index is 0.345. The van der Waals surface area contributed by atoms with Gasteiger partial charge in [-0.15, -0.1) is 11.3 Å². The fraction of sp³-hybridized carbons (Fsp3) is 0.125. The highest BCUT2D eigenvalue weighted by Gasteiger charge is 2.12. The van der Waals surface area contributed by atoms with Gasteiger partial charge in [-0.1, -0.05) is 18.2 Å². The van der Waals surface area contributed by atoms with E-state index < -0.39 is 0 Å². The highest BCUT2D eigenvalue weighted by molar-refractivity contribution is 7.15. The first kappa shape index (κ1) is 13.9. The summed E-state index contributed by atoms with van der Waals surface area (Å²) in [5, 5.41) is 0.920. The van der Waals surface area contributed by atoms with E-state index in [0.29, 0.717) is 12.2 Å². The van der Waals surface area contributed by atoms with Gasteiger partial charge in [0, 0.05) is 17.0 Å². The van der Waals surface area contributed by atoms with E-state index in [9.17, 15) is 4.39 Å². The first-order valence-corrected chi connectivity index (χ1v) is 7.38. The molecule has 1 aromatic carbocycles. The van der Waals surface area contributed by atoms with Crippen molar-refractivity contribution in [2.24, 2.45) is 5.73 Å². The predicted molar refractivity (Wildman–Crippen MR) is 83.4 cm³/mol. The maximum absolute atomic E-state index is 13.0. The van der Waals surface area contributed by atoms with Crippen LogP contribution in [0.5, 0.6) is 0 Å². The van der Waals surface area contributed by atoms with Crippen LogP contribution in [0.3, 0.4) is 0 Å². The first-order chi connectivity index (χ1) is 10.2. The number of nitrogens with zero attached hydrogens (tertiary/aromatic N) is 2. The third-order valence-electron chi connectivity index (χ3n) is 3.18. The van der Waals surface area contributed by atoms with Gasteiger partial charge in [-0.2, -0.15) is 0 Å². The highest BCUT2D eigenvalue weighted by atomic mass is 32.1. The second kappa shape index (κ2) is 5.71. The zero-order valence-electron chi connectivity index (χ0n) is 11.5. The molecule has 3 aromatic rings. The number of benzene rings is 1. The Balaban J connectivity index is 2.02. The maximum Gasteiger partial charge on any atom is 0.141 e. The fourth-order valence-corrected chi connectivity index (χ4v) is 3.02. The molecule has 0 radical (unpaired) electrons. The lowest BCUT2D eigenvalue weighted by atomic mass is 10.1. The number of aromatic nitrogens is 2. The number of pyridine rings is 1. The predicted octanol–water partition coefficient (Wildman–Crippen LogP) is 3.78. The van der Waals surface area contributed by atoms with Crippen LogP contribution in [0.25, 0.3) is 22.0 Å². The molecule has 0 aliphatic heterocycles. The van der Waals surface area contributed by atoms with Crippen molar-refractivity contribution >= 4 is 11.3 Å². The second-order valence-corrected chi connectivity index (χ2v) is 5.89. The van der Waals surface area contributed by atoms with Gasteiger partial charge in [0.2, 0.25) is 0 Å². The van der Waals surface area contributed by atoms with Gasteiger partial charge in [0.05, 0.1) is 11.9 Å². The van der Waals surface area contributed by atoms with Gasteiger partial charge in [0.25, 0.3) is 0 Å². The van der Waals surface area contributed by atoms with Gasteiger partial charge in [-0.25, -0.2) is 9.37 Å². The van der Waals surface area contributed by atoms with Crippen LogP contribution in [0.4, 0.5) is 4.39 Å². The molecule has 0 atom stereocenters. The Morgan fingerprint density at radius 2 is 2.10 bits per heavy atom. The largest absolute Gasteiger partial charge is 0.326 e. The lowest BCUT2D eigenvalue weighted by molar-refractivity contribution is 0.622. The topological polar surface area (TPSA) is 51.8 Å². The van der Waals surface area contributed by atoms with Gasteiger partial charge in [0.1, 0.15) is 16.5 Å². The first-order valence-electron chi connectivity index (χ1n) is 6.56. The van der Waals surface area contributed by atoms with Crippen LogP contribution in [0.15, 0.2) is 42.6 Å². The van der Waals surface area contributed by atoms with E-state index in [4.69, 9.17) is 5.73 Å². The summed E-state index contributed by atoms with van der Waals surface area (Å²) in [6.07, 6.45) is 1.21. The van der Waals surface area contributed by atoms with Crippen molar-refractivity contribution < 1.29 is 4.39 Å². The Kier molecular flexibility index (Phi) is 3.77. The minimum atomic E-state index is -0.345. The molecule has 0 saturated carbocycles. The molecule has 2 aromatic heterocycles. The van der Waals surface area contributed by atoms with Crippen molar-refractivity contribution in [1.82, 2.24) is 9.97 Å². The fourth-order valence-electron chi connectivity index (χ4n) is 2.10. The van der Waals surface area contributed by atoms with Crippen molar-refractivity contribution in [3.05, 3.63) is 58.9 Å². The number of halogens is 1. The van der Waals surface area contributed by atoms with Crippen LogP contribution >= 0.6 is 11.3 Å². The van der Waals surface area contributed by atoms with Gasteiger partial charge >= 0.3 is 0 Å². The summed E-state index contributed by atoms with van der Waals surface area (Å²) in [6.45, 7) is 2.50. The van der Waals surface area contributed by atoms with Crippen LogP contribution in [-0.4, -0.2) is 9.97 Å². The normalized spacial score (nSPS) is 10.8.